The zero-order chi connectivity index (χ0) is 12.9. The van der Waals surface area contributed by atoms with E-state index in [-0.39, 0.29) is 5.92 Å². The summed E-state index contributed by atoms with van der Waals surface area (Å²) in [5, 5.41) is 8.85. The zero-order valence-corrected chi connectivity index (χ0v) is 11.0. The van der Waals surface area contributed by atoms with Crippen LogP contribution in [-0.2, 0) is 4.79 Å². The van der Waals surface area contributed by atoms with Crippen LogP contribution in [0.25, 0.3) is 0 Å². The monoisotopic (exact) mass is 238 g/mol. The third kappa shape index (κ3) is 9.86. The Morgan fingerprint density at radius 2 is 1.82 bits per heavy atom. The van der Waals surface area contributed by atoms with Crippen LogP contribution in [0.4, 0.5) is 0 Å². The third-order valence-electron chi connectivity index (χ3n) is 2.96. The molecule has 0 aliphatic heterocycles. The topological polar surface area (TPSA) is 37.3 Å². The maximum absolute atomic E-state index is 10.8. The molecule has 0 aliphatic rings. The molecule has 0 fully saturated rings. The number of carboxylic acids is 1. The highest BCUT2D eigenvalue weighted by molar-refractivity contribution is 5.70. The first-order valence-corrected chi connectivity index (χ1v) is 6.71. The number of unbranched alkanes of at least 4 members (excludes halogenated alkanes) is 5. The molecule has 1 unspecified atom stereocenters. The van der Waals surface area contributed by atoms with Crippen LogP contribution in [0.3, 0.4) is 0 Å². The van der Waals surface area contributed by atoms with Crippen molar-refractivity contribution in [3.8, 4) is 0 Å². The summed E-state index contributed by atoms with van der Waals surface area (Å²) in [5.41, 5.74) is 0. The largest absolute Gasteiger partial charge is 0.481 e. The lowest BCUT2D eigenvalue weighted by molar-refractivity contribution is -0.141. The first-order chi connectivity index (χ1) is 8.22. The van der Waals surface area contributed by atoms with Gasteiger partial charge in [0, 0.05) is 0 Å². The van der Waals surface area contributed by atoms with Crippen molar-refractivity contribution >= 4 is 5.97 Å². The predicted octanol–water partition coefficient (Wildman–Crippen LogP) is 4.57. The van der Waals surface area contributed by atoms with Crippen molar-refractivity contribution in [2.45, 2.75) is 58.3 Å². The van der Waals surface area contributed by atoms with Crippen LogP contribution in [-0.4, -0.2) is 11.1 Å². The normalized spacial score (nSPS) is 12.8. The van der Waals surface area contributed by atoms with Crippen LogP contribution in [0, 0.1) is 5.92 Å². The molecule has 0 amide bonds. The van der Waals surface area contributed by atoms with Crippen molar-refractivity contribution in [2.75, 3.05) is 0 Å². The molecule has 0 aromatic rings. The van der Waals surface area contributed by atoms with Gasteiger partial charge in [0.1, 0.15) is 0 Å². The number of hydrogen-bond donors (Lipinski definition) is 1. The van der Waals surface area contributed by atoms with Crippen LogP contribution in [0.2, 0.25) is 0 Å². The molecular weight excluding hydrogens is 212 g/mol. The second-order valence-electron chi connectivity index (χ2n) is 4.43. The molecule has 0 spiro atoms. The summed E-state index contributed by atoms with van der Waals surface area (Å²) in [6.07, 6.45) is 14.7. The molecule has 0 heterocycles. The average molecular weight is 238 g/mol. The van der Waals surface area contributed by atoms with Gasteiger partial charge < -0.3 is 5.11 Å². The van der Waals surface area contributed by atoms with E-state index in [1.165, 1.54) is 25.7 Å². The van der Waals surface area contributed by atoms with Gasteiger partial charge >= 0.3 is 5.97 Å². The van der Waals surface area contributed by atoms with Gasteiger partial charge in [-0.3, -0.25) is 4.79 Å². The fourth-order valence-corrected chi connectivity index (χ4v) is 1.72. The van der Waals surface area contributed by atoms with Gasteiger partial charge in [0.05, 0.1) is 5.92 Å². The van der Waals surface area contributed by atoms with Crippen molar-refractivity contribution in [2.24, 2.45) is 5.92 Å². The summed E-state index contributed by atoms with van der Waals surface area (Å²) < 4.78 is 0. The molecule has 0 aliphatic carbocycles. The molecule has 0 saturated heterocycles. The van der Waals surface area contributed by atoms with E-state index >= 15 is 0 Å². The number of hydrogen-bond acceptors (Lipinski definition) is 1. The Labute approximate surface area is 105 Å². The van der Waals surface area contributed by atoms with Gasteiger partial charge in [-0.25, -0.2) is 0 Å². The standard InChI is InChI=1S/C15H26O2/c1-3-5-6-7-8-9-10-11-12-13-14(4-2)15(16)17/h3,11-12,14H,1,4-10,13H2,2H3,(H,16,17). The van der Waals surface area contributed by atoms with Gasteiger partial charge in [0.25, 0.3) is 0 Å². The van der Waals surface area contributed by atoms with E-state index in [2.05, 4.69) is 12.7 Å². The lowest BCUT2D eigenvalue weighted by Crippen LogP contribution is -2.11. The highest BCUT2D eigenvalue weighted by Gasteiger charge is 2.11. The molecule has 0 saturated carbocycles. The fourth-order valence-electron chi connectivity index (χ4n) is 1.72. The molecule has 1 atom stereocenters. The van der Waals surface area contributed by atoms with Gasteiger partial charge in [-0.15, -0.1) is 6.58 Å². The molecule has 0 rings (SSSR count). The number of carboxylic acid groups (broad SMARTS) is 1. The molecule has 98 valence electrons. The SMILES string of the molecule is C=CCCCCCCC=CCC(CC)C(=O)O. The van der Waals surface area contributed by atoms with Gasteiger partial charge in [-0.05, 0) is 38.5 Å². The lowest BCUT2D eigenvalue weighted by Gasteiger charge is -2.04. The number of aliphatic carboxylic acids is 1. The van der Waals surface area contributed by atoms with Crippen LogP contribution in [0.5, 0.6) is 0 Å². The summed E-state index contributed by atoms with van der Waals surface area (Å²) in [5.74, 6) is -0.889. The second kappa shape index (κ2) is 11.4. The number of allylic oxidation sites excluding steroid dienone is 3. The van der Waals surface area contributed by atoms with Gasteiger partial charge in [0.15, 0.2) is 0 Å². The fraction of sp³-hybridized carbons (Fsp3) is 0.667. The van der Waals surface area contributed by atoms with Crippen LogP contribution in [0.15, 0.2) is 24.8 Å². The highest BCUT2D eigenvalue weighted by Crippen LogP contribution is 2.10. The van der Waals surface area contributed by atoms with Gasteiger partial charge in [-0.2, -0.15) is 0 Å². The van der Waals surface area contributed by atoms with Crippen molar-refractivity contribution in [1.29, 1.82) is 0 Å². The molecule has 0 aromatic heterocycles. The molecule has 2 heteroatoms. The smallest absolute Gasteiger partial charge is 0.306 e. The van der Waals surface area contributed by atoms with Crippen molar-refractivity contribution < 1.29 is 9.90 Å². The van der Waals surface area contributed by atoms with Crippen LogP contribution < -0.4 is 0 Å². The molecule has 17 heavy (non-hydrogen) atoms. The zero-order valence-electron chi connectivity index (χ0n) is 11.0. The minimum atomic E-state index is -0.679. The summed E-state index contributed by atoms with van der Waals surface area (Å²) in [6.45, 7) is 5.62. The molecule has 0 bridgehead atoms. The van der Waals surface area contributed by atoms with E-state index in [9.17, 15) is 4.79 Å². The third-order valence-corrected chi connectivity index (χ3v) is 2.96. The second-order valence-corrected chi connectivity index (χ2v) is 4.43. The average Bonchev–Trinajstić information content (AvgIpc) is 2.31. The molecule has 0 aromatic carbocycles. The molecule has 2 nitrogen and oxygen atoms in total. The minimum Gasteiger partial charge on any atom is -0.481 e. The van der Waals surface area contributed by atoms with E-state index in [0.29, 0.717) is 12.8 Å². The van der Waals surface area contributed by atoms with Crippen molar-refractivity contribution in [3.05, 3.63) is 24.8 Å². The molecular formula is C15H26O2. The predicted molar refractivity (Wildman–Crippen MR) is 73.1 cm³/mol. The maximum atomic E-state index is 10.8. The lowest BCUT2D eigenvalue weighted by atomic mass is 10.0. The molecule has 0 radical (unpaired) electrons. The first-order valence-electron chi connectivity index (χ1n) is 6.71. The van der Waals surface area contributed by atoms with E-state index in [1.54, 1.807) is 0 Å². The number of rotatable bonds is 11. The Kier molecular flexibility index (Phi) is 10.7. The Bertz CT molecular complexity index is 231. The van der Waals surface area contributed by atoms with E-state index in [0.717, 1.165) is 12.8 Å². The van der Waals surface area contributed by atoms with Crippen molar-refractivity contribution in [3.63, 3.8) is 0 Å². The summed E-state index contributed by atoms with van der Waals surface area (Å²) in [6, 6.07) is 0. The summed E-state index contributed by atoms with van der Waals surface area (Å²) in [7, 11) is 0. The Balaban J connectivity index is 3.41. The Morgan fingerprint density at radius 1 is 1.18 bits per heavy atom. The van der Waals surface area contributed by atoms with Crippen LogP contribution in [0.1, 0.15) is 58.3 Å². The van der Waals surface area contributed by atoms with Gasteiger partial charge in [-0.1, -0.05) is 38.0 Å². The maximum Gasteiger partial charge on any atom is 0.306 e. The quantitative estimate of drug-likeness (QED) is 0.423. The highest BCUT2D eigenvalue weighted by atomic mass is 16.4. The Morgan fingerprint density at radius 3 is 2.35 bits per heavy atom. The van der Waals surface area contributed by atoms with Crippen molar-refractivity contribution in [1.82, 2.24) is 0 Å². The van der Waals surface area contributed by atoms with E-state index in [4.69, 9.17) is 5.11 Å². The molecule has 1 N–H and O–H groups in total. The first kappa shape index (κ1) is 16.0. The summed E-state index contributed by atoms with van der Waals surface area (Å²) in [4.78, 5) is 10.8. The van der Waals surface area contributed by atoms with E-state index in [1.807, 2.05) is 19.1 Å². The van der Waals surface area contributed by atoms with E-state index < -0.39 is 5.97 Å². The van der Waals surface area contributed by atoms with Crippen LogP contribution >= 0.6 is 0 Å². The van der Waals surface area contributed by atoms with Gasteiger partial charge in [0.2, 0.25) is 0 Å². The minimum absolute atomic E-state index is 0.209. The summed E-state index contributed by atoms with van der Waals surface area (Å²) >= 11 is 0. The Hall–Kier alpha value is -1.05. The number of carbonyl (C=O) groups is 1.